The van der Waals surface area contributed by atoms with Crippen molar-refractivity contribution in [1.29, 1.82) is 0 Å². The summed E-state index contributed by atoms with van der Waals surface area (Å²) >= 11 is 0. The zero-order chi connectivity index (χ0) is 30.3. The van der Waals surface area contributed by atoms with E-state index in [9.17, 15) is 14.4 Å². The van der Waals surface area contributed by atoms with Crippen molar-refractivity contribution < 1.29 is 14.4 Å². The van der Waals surface area contributed by atoms with Gasteiger partial charge in [0.1, 0.15) is 17.4 Å². The van der Waals surface area contributed by atoms with E-state index >= 15 is 0 Å². The lowest BCUT2D eigenvalue weighted by atomic mass is 10.2. The van der Waals surface area contributed by atoms with Crippen LogP contribution in [0.2, 0.25) is 0 Å². The van der Waals surface area contributed by atoms with Crippen LogP contribution in [0.1, 0.15) is 36.2 Å². The van der Waals surface area contributed by atoms with E-state index in [4.69, 9.17) is 0 Å². The van der Waals surface area contributed by atoms with Gasteiger partial charge in [-0.25, -0.2) is 4.98 Å². The van der Waals surface area contributed by atoms with Gasteiger partial charge in [0.15, 0.2) is 0 Å². The number of hydrogen-bond acceptors (Lipinski definition) is 9. The molecular formula is C30H39N9O3. The van der Waals surface area contributed by atoms with Crippen LogP contribution in [0, 0.1) is 0 Å². The Labute approximate surface area is 246 Å². The summed E-state index contributed by atoms with van der Waals surface area (Å²) in [4.78, 5) is 52.7. The Morgan fingerprint density at radius 2 is 1.74 bits per heavy atom. The van der Waals surface area contributed by atoms with E-state index < -0.39 is 11.9 Å². The van der Waals surface area contributed by atoms with Crippen molar-refractivity contribution in [3.05, 3.63) is 78.3 Å². The summed E-state index contributed by atoms with van der Waals surface area (Å²) in [6.45, 7) is 5.49. The third-order valence-corrected chi connectivity index (χ3v) is 5.90. The van der Waals surface area contributed by atoms with E-state index in [-0.39, 0.29) is 17.4 Å². The average Bonchev–Trinajstić information content (AvgIpc) is 2.96. The van der Waals surface area contributed by atoms with Crippen LogP contribution in [0.25, 0.3) is 0 Å². The molecule has 0 saturated carbocycles. The van der Waals surface area contributed by atoms with E-state index in [1.54, 1.807) is 49.7 Å². The molecule has 0 unspecified atom stereocenters. The molecular weight excluding hydrogens is 534 g/mol. The number of nitrogens with one attached hydrogen (secondary N) is 5. The highest BCUT2D eigenvalue weighted by molar-refractivity contribution is 6.07. The molecule has 1 aromatic carbocycles. The smallest absolute Gasteiger partial charge is 0.260 e. The first-order valence-electron chi connectivity index (χ1n) is 13.8. The lowest BCUT2D eigenvalue weighted by Crippen LogP contribution is -2.40. The Kier molecular flexibility index (Phi) is 12.4. The number of anilines is 4. The molecule has 0 aliphatic carbocycles. The number of pyridine rings is 1. The Morgan fingerprint density at radius 1 is 1.00 bits per heavy atom. The average molecular weight is 574 g/mol. The Balaban J connectivity index is 1.61. The minimum Gasteiger partial charge on any atom is -0.369 e. The molecule has 12 heteroatoms. The van der Waals surface area contributed by atoms with Crippen molar-refractivity contribution in [3.63, 3.8) is 0 Å². The number of hydrogen-bond donors (Lipinski definition) is 5. The standard InChI is InChI=1S/C30H39N9O3/c1-5-14-32-27-25(20-34-30(38-27)33-17-13-22-11-15-31-16-12-22)29(42)37-24-9-6-8-23(19-24)36-28(41)21(2)35-26(40)10-7-18-39(3)4/h6-12,15-16,19-21H,5,13-14,17-18H2,1-4H3,(H,35,40)(H,36,41)(H,37,42)(H2,32,33,34,38)/b10-7+/t21-/m0/s1. The van der Waals surface area contributed by atoms with Crippen LogP contribution in [0.4, 0.5) is 23.1 Å². The molecule has 12 nitrogen and oxygen atoms in total. The highest BCUT2D eigenvalue weighted by Gasteiger charge is 2.17. The van der Waals surface area contributed by atoms with Crippen molar-refractivity contribution in [2.75, 3.05) is 55.0 Å². The summed E-state index contributed by atoms with van der Waals surface area (Å²) in [7, 11) is 3.79. The van der Waals surface area contributed by atoms with Crippen molar-refractivity contribution >= 4 is 40.9 Å². The molecule has 0 fully saturated rings. The van der Waals surface area contributed by atoms with Gasteiger partial charge in [-0.2, -0.15) is 4.98 Å². The number of carbonyl (C=O) groups excluding carboxylic acids is 3. The maximum Gasteiger partial charge on any atom is 0.260 e. The molecule has 1 atom stereocenters. The fourth-order valence-electron chi connectivity index (χ4n) is 3.70. The van der Waals surface area contributed by atoms with Crippen LogP contribution < -0.4 is 26.6 Å². The van der Waals surface area contributed by atoms with Crippen LogP contribution in [-0.2, 0) is 16.0 Å². The summed E-state index contributed by atoms with van der Waals surface area (Å²) in [6, 6.07) is 9.90. The quantitative estimate of drug-likeness (QED) is 0.173. The van der Waals surface area contributed by atoms with Crippen LogP contribution >= 0.6 is 0 Å². The predicted octanol–water partition coefficient (Wildman–Crippen LogP) is 3.16. The van der Waals surface area contributed by atoms with Gasteiger partial charge in [-0.3, -0.25) is 19.4 Å². The zero-order valence-corrected chi connectivity index (χ0v) is 24.5. The van der Waals surface area contributed by atoms with Crippen molar-refractivity contribution in [2.24, 2.45) is 0 Å². The van der Waals surface area contributed by atoms with Crippen molar-refractivity contribution in [2.45, 2.75) is 32.7 Å². The monoisotopic (exact) mass is 573 g/mol. The Hall–Kier alpha value is -4.84. The minimum absolute atomic E-state index is 0.288. The van der Waals surface area contributed by atoms with Crippen LogP contribution in [0.15, 0.2) is 67.1 Å². The number of rotatable bonds is 15. The maximum absolute atomic E-state index is 13.2. The lowest BCUT2D eigenvalue weighted by molar-refractivity contribution is -0.123. The van der Waals surface area contributed by atoms with E-state index in [0.717, 1.165) is 18.4 Å². The molecule has 0 saturated heterocycles. The van der Waals surface area contributed by atoms with Gasteiger partial charge in [-0.05, 0) is 69.8 Å². The molecule has 0 spiro atoms. The molecule has 0 aliphatic heterocycles. The highest BCUT2D eigenvalue weighted by atomic mass is 16.2. The predicted molar refractivity (Wildman–Crippen MR) is 166 cm³/mol. The molecule has 3 rings (SSSR count). The van der Waals surface area contributed by atoms with Crippen LogP contribution in [-0.4, -0.2) is 77.3 Å². The summed E-state index contributed by atoms with van der Waals surface area (Å²) in [6.07, 6.45) is 9.73. The van der Waals surface area contributed by atoms with Gasteiger partial charge >= 0.3 is 0 Å². The fourth-order valence-corrected chi connectivity index (χ4v) is 3.70. The topological polar surface area (TPSA) is 153 Å². The molecule has 3 aromatic rings. The van der Waals surface area contributed by atoms with Gasteiger partial charge in [-0.15, -0.1) is 0 Å². The van der Waals surface area contributed by atoms with Crippen LogP contribution in [0.5, 0.6) is 0 Å². The summed E-state index contributed by atoms with van der Waals surface area (Å²) in [5.41, 5.74) is 2.37. The van der Waals surface area contributed by atoms with Crippen molar-refractivity contribution in [3.8, 4) is 0 Å². The van der Waals surface area contributed by atoms with Gasteiger partial charge in [0.05, 0.1) is 0 Å². The minimum atomic E-state index is -0.763. The number of amides is 3. The number of likely N-dealkylation sites (N-methyl/N-ethyl adjacent to an activating group) is 1. The second-order valence-electron chi connectivity index (χ2n) is 9.83. The summed E-state index contributed by atoms with van der Waals surface area (Å²) < 4.78 is 0. The molecule has 42 heavy (non-hydrogen) atoms. The first-order chi connectivity index (χ1) is 20.2. The molecule has 0 radical (unpaired) electrons. The first kappa shape index (κ1) is 31.7. The Morgan fingerprint density at radius 3 is 2.45 bits per heavy atom. The molecule has 2 aromatic heterocycles. The third-order valence-electron chi connectivity index (χ3n) is 5.90. The van der Waals surface area contributed by atoms with E-state index in [1.165, 1.54) is 12.3 Å². The van der Waals surface area contributed by atoms with Crippen LogP contribution in [0.3, 0.4) is 0 Å². The first-order valence-corrected chi connectivity index (χ1v) is 13.8. The second kappa shape index (κ2) is 16.4. The highest BCUT2D eigenvalue weighted by Crippen LogP contribution is 2.19. The largest absolute Gasteiger partial charge is 0.369 e. The molecule has 0 bridgehead atoms. The number of nitrogens with zero attached hydrogens (tertiary/aromatic N) is 4. The summed E-state index contributed by atoms with van der Waals surface area (Å²) in [5, 5.41) is 14.7. The van der Waals surface area contributed by atoms with E-state index in [0.29, 0.717) is 42.8 Å². The molecule has 222 valence electrons. The zero-order valence-electron chi connectivity index (χ0n) is 24.5. The van der Waals surface area contributed by atoms with Crippen molar-refractivity contribution in [1.82, 2.24) is 25.2 Å². The van der Waals surface area contributed by atoms with E-state index in [2.05, 4.69) is 41.5 Å². The van der Waals surface area contributed by atoms with Gasteiger partial charge < -0.3 is 31.5 Å². The third kappa shape index (κ3) is 10.6. The van der Waals surface area contributed by atoms with E-state index in [1.807, 2.05) is 38.1 Å². The van der Waals surface area contributed by atoms with Gasteiger partial charge in [-0.1, -0.05) is 19.1 Å². The number of aromatic nitrogens is 3. The molecule has 0 aliphatic rings. The maximum atomic E-state index is 13.2. The fraction of sp³-hybridized carbons (Fsp3) is 0.333. The second-order valence-corrected chi connectivity index (χ2v) is 9.83. The number of benzene rings is 1. The van der Waals surface area contributed by atoms with Gasteiger partial charge in [0.2, 0.25) is 17.8 Å². The molecule has 2 heterocycles. The SMILES string of the molecule is CCCNc1nc(NCCc2ccncc2)ncc1C(=O)Nc1cccc(NC(=O)[C@H](C)NC(=O)/C=C/CN(C)C)c1. The molecule has 5 N–H and O–H groups in total. The lowest BCUT2D eigenvalue weighted by Gasteiger charge is -2.15. The normalized spacial score (nSPS) is 11.6. The molecule has 3 amide bonds. The Bertz CT molecular complexity index is 1360. The number of carbonyl (C=O) groups is 3. The van der Waals surface area contributed by atoms with Gasteiger partial charge in [0, 0.05) is 55.7 Å². The van der Waals surface area contributed by atoms with Gasteiger partial charge in [0.25, 0.3) is 5.91 Å². The summed E-state index contributed by atoms with van der Waals surface area (Å²) in [5.74, 6) is -0.308.